The summed E-state index contributed by atoms with van der Waals surface area (Å²) in [5.41, 5.74) is 6.20. The number of rotatable bonds is 8. The number of nitrogens with two attached hydrogens (primary N) is 1. The van der Waals surface area contributed by atoms with E-state index in [1.165, 1.54) is 25.8 Å². The predicted molar refractivity (Wildman–Crippen MR) is 59.3 cm³/mol. The van der Waals surface area contributed by atoms with Crippen molar-refractivity contribution >= 4 is 0 Å². The second-order valence-corrected chi connectivity index (χ2v) is 4.40. The highest BCUT2D eigenvalue weighted by Gasteiger charge is 2.42. The molecule has 1 saturated carbocycles. The molecule has 0 saturated heterocycles. The first-order valence-corrected chi connectivity index (χ1v) is 5.68. The molecule has 1 aliphatic carbocycles. The Balaban J connectivity index is 2.25. The number of hydrogen-bond donors (Lipinski definition) is 1. The van der Waals surface area contributed by atoms with Crippen LogP contribution in [0.25, 0.3) is 0 Å². The summed E-state index contributed by atoms with van der Waals surface area (Å²) in [5, 5.41) is 0. The van der Waals surface area contributed by atoms with Gasteiger partial charge in [0, 0.05) is 20.2 Å². The van der Waals surface area contributed by atoms with Crippen molar-refractivity contribution in [3.05, 3.63) is 0 Å². The molecule has 0 aromatic rings. The lowest BCUT2D eigenvalue weighted by atomic mass is 10.0. The van der Waals surface area contributed by atoms with E-state index in [0.29, 0.717) is 5.41 Å². The van der Waals surface area contributed by atoms with Gasteiger partial charge in [0.15, 0.2) is 0 Å². The van der Waals surface area contributed by atoms with Crippen molar-refractivity contribution in [3.63, 3.8) is 0 Å². The van der Waals surface area contributed by atoms with Crippen LogP contribution < -0.4 is 5.73 Å². The van der Waals surface area contributed by atoms with Crippen LogP contribution in [0.3, 0.4) is 0 Å². The summed E-state index contributed by atoms with van der Waals surface area (Å²) in [4.78, 5) is 2.48. The summed E-state index contributed by atoms with van der Waals surface area (Å²) in [6, 6.07) is 0. The van der Waals surface area contributed by atoms with Crippen LogP contribution in [0.2, 0.25) is 0 Å². The van der Waals surface area contributed by atoms with Crippen molar-refractivity contribution in [1.29, 1.82) is 0 Å². The maximum absolute atomic E-state index is 5.63. The van der Waals surface area contributed by atoms with Gasteiger partial charge in [0.05, 0.1) is 6.61 Å². The molecule has 2 N–H and O–H groups in total. The number of ether oxygens (including phenoxy) is 1. The molecule has 0 aromatic carbocycles. The Labute approximate surface area is 87.6 Å². The predicted octanol–water partition coefficient (Wildman–Crippen LogP) is 1.08. The molecule has 3 heteroatoms. The second kappa shape index (κ2) is 5.69. The Morgan fingerprint density at radius 1 is 1.43 bits per heavy atom. The third kappa shape index (κ3) is 3.56. The van der Waals surface area contributed by atoms with E-state index in [1.807, 2.05) is 0 Å². The van der Waals surface area contributed by atoms with Crippen LogP contribution in [-0.4, -0.2) is 44.8 Å². The van der Waals surface area contributed by atoms with E-state index in [0.717, 1.165) is 26.2 Å². The fourth-order valence-corrected chi connectivity index (χ4v) is 2.01. The zero-order chi connectivity index (χ0) is 10.4. The lowest BCUT2D eigenvalue weighted by Gasteiger charge is -2.25. The molecule has 0 bridgehead atoms. The smallest absolute Gasteiger partial charge is 0.0589 e. The molecule has 0 radical (unpaired) electrons. The first-order valence-electron chi connectivity index (χ1n) is 5.68. The molecule has 14 heavy (non-hydrogen) atoms. The van der Waals surface area contributed by atoms with Crippen LogP contribution in [0.15, 0.2) is 0 Å². The first kappa shape index (κ1) is 12.0. The van der Waals surface area contributed by atoms with Gasteiger partial charge < -0.3 is 15.4 Å². The summed E-state index contributed by atoms with van der Waals surface area (Å²) < 4.78 is 5.10. The summed E-state index contributed by atoms with van der Waals surface area (Å²) in [7, 11) is 1.76. The van der Waals surface area contributed by atoms with Crippen molar-refractivity contribution < 1.29 is 4.74 Å². The zero-order valence-corrected chi connectivity index (χ0v) is 9.59. The Bertz CT molecular complexity index is 157. The minimum atomic E-state index is 0.568. The molecule has 84 valence electrons. The van der Waals surface area contributed by atoms with E-state index in [4.69, 9.17) is 10.5 Å². The van der Waals surface area contributed by atoms with Crippen molar-refractivity contribution in [2.24, 2.45) is 11.1 Å². The highest BCUT2D eigenvalue weighted by atomic mass is 16.5. The van der Waals surface area contributed by atoms with Gasteiger partial charge in [-0.25, -0.2) is 0 Å². The summed E-state index contributed by atoms with van der Waals surface area (Å²) >= 11 is 0. The molecule has 0 amide bonds. The fourth-order valence-electron chi connectivity index (χ4n) is 2.01. The fraction of sp³-hybridized carbons (Fsp3) is 1.00. The van der Waals surface area contributed by atoms with Crippen LogP contribution in [-0.2, 0) is 4.74 Å². The van der Waals surface area contributed by atoms with Gasteiger partial charge in [0.2, 0.25) is 0 Å². The van der Waals surface area contributed by atoms with E-state index in [1.54, 1.807) is 7.11 Å². The van der Waals surface area contributed by atoms with Gasteiger partial charge in [-0.1, -0.05) is 6.92 Å². The van der Waals surface area contributed by atoms with Gasteiger partial charge in [0.1, 0.15) is 0 Å². The molecular formula is C11H24N2O. The third-order valence-electron chi connectivity index (χ3n) is 3.25. The summed E-state index contributed by atoms with van der Waals surface area (Å²) in [6.45, 7) is 7.28. The van der Waals surface area contributed by atoms with Crippen molar-refractivity contribution in [1.82, 2.24) is 4.90 Å². The first-order chi connectivity index (χ1) is 6.76. The van der Waals surface area contributed by atoms with Gasteiger partial charge in [-0.2, -0.15) is 0 Å². The Hall–Kier alpha value is -0.120. The molecule has 0 aliphatic heterocycles. The molecule has 0 atom stereocenters. The van der Waals surface area contributed by atoms with Crippen LogP contribution in [0.4, 0.5) is 0 Å². The quantitative estimate of drug-likeness (QED) is 0.637. The molecule has 1 fully saturated rings. The molecule has 1 aliphatic rings. The van der Waals surface area contributed by atoms with Crippen molar-refractivity contribution in [2.45, 2.75) is 26.2 Å². The summed E-state index contributed by atoms with van der Waals surface area (Å²) in [6.07, 6.45) is 3.93. The van der Waals surface area contributed by atoms with Gasteiger partial charge in [-0.15, -0.1) is 0 Å². The second-order valence-electron chi connectivity index (χ2n) is 4.40. The van der Waals surface area contributed by atoms with Crippen LogP contribution in [0.5, 0.6) is 0 Å². The van der Waals surface area contributed by atoms with Gasteiger partial charge in [-0.3, -0.25) is 0 Å². The number of nitrogens with zero attached hydrogens (tertiary/aromatic N) is 1. The third-order valence-corrected chi connectivity index (χ3v) is 3.25. The molecule has 3 nitrogen and oxygen atoms in total. The molecule has 0 unspecified atom stereocenters. The van der Waals surface area contributed by atoms with E-state index < -0.39 is 0 Å². The lowest BCUT2D eigenvalue weighted by Crippen LogP contribution is -2.34. The lowest BCUT2D eigenvalue weighted by molar-refractivity contribution is 0.135. The number of hydrogen-bond acceptors (Lipinski definition) is 3. The van der Waals surface area contributed by atoms with E-state index in [-0.39, 0.29) is 0 Å². The minimum Gasteiger partial charge on any atom is -0.383 e. The standard InChI is InChI=1S/C11H24N2O/c1-3-13(8-9-14-2)10-11(4-5-11)6-7-12/h3-10,12H2,1-2H3. The number of likely N-dealkylation sites (N-methyl/N-ethyl adjacent to an activating group) is 1. The Morgan fingerprint density at radius 2 is 2.14 bits per heavy atom. The minimum absolute atomic E-state index is 0.568. The van der Waals surface area contributed by atoms with Crippen LogP contribution in [0, 0.1) is 5.41 Å². The zero-order valence-electron chi connectivity index (χ0n) is 9.59. The molecule has 0 aromatic heterocycles. The van der Waals surface area contributed by atoms with Gasteiger partial charge in [0.25, 0.3) is 0 Å². The summed E-state index contributed by atoms with van der Waals surface area (Å²) in [5.74, 6) is 0. The average molecular weight is 200 g/mol. The maximum Gasteiger partial charge on any atom is 0.0589 e. The SMILES string of the molecule is CCN(CCOC)CC1(CCN)CC1. The molecule has 0 heterocycles. The van der Waals surface area contributed by atoms with E-state index in [9.17, 15) is 0 Å². The largest absolute Gasteiger partial charge is 0.383 e. The van der Waals surface area contributed by atoms with E-state index in [2.05, 4.69) is 11.8 Å². The Kier molecular flexibility index (Phi) is 4.85. The van der Waals surface area contributed by atoms with Crippen molar-refractivity contribution in [3.8, 4) is 0 Å². The van der Waals surface area contributed by atoms with Gasteiger partial charge in [-0.05, 0) is 37.8 Å². The highest BCUT2D eigenvalue weighted by Crippen LogP contribution is 2.48. The molecule has 0 spiro atoms. The number of methoxy groups -OCH3 is 1. The Morgan fingerprint density at radius 3 is 2.57 bits per heavy atom. The topological polar surface area (TPSA) is 38.5 Å². The monoisotopic (exact) mass is 200 g/mol. The maximum atomic E-state index is 5.63. The normalized spacial score (nSPS) is 18.9. The molecule has 1 rings (SSSR count). The van der Waals surface area contributed by atoms with Crippen LogP contribution in [0.1, 0.15) is 26.2 Å². The highest BCUT2D eigenvalue weighted by molar-refractivity contribution is 4.95. The van der Waals surface area contributed by atoms with Crippen molar-refractivity contribution in [2.75, 3.05) is 39.9 Å². The van der Waals surface area contributed by atoms with Gasteiger partial charge >= 0.3 is 0 Å². The average Bonchev–Trinajstić information content (AvgIpc) is 2.93. The van der Waals surface area contributed by atoms with Crippen LogP contribution >= 0.6 is 0 Å². The molecular weight excluding hydrogens is 176 g/mol. The van der Waals surface area contributed by atoms with E-state index >= 15 is 0 Å².